The molecule has 0 spiro atoms. The van der Waals surface area contributed by atoms with Crippen molar-refractivity contribution in [2.75, 3.05) is 44.7 Å². The lowest BCUT2D eigenvalue weighted by Gasteiger charge is -2.37. The summed E-state index contributed by atoms with van der Waals surface area (Å²) in [5.74, 6) is -0.121. The quantitative estimate of drug-likeness (QED) is 0.752. The normalized spacial score (nSPS) is 14.4. The molecule has 1 aliphatic heterocycles. The number of anilines is 1. The molecule has 1 fully saturated rings. The molecule has 154 valence electrons. The Morgan fingerprint density at radius 3 is 2.21 bits per heavy atom. The minimum atomic E-state index is -1.26. The molecule has 1 aromatic carbocycles. The van der Waals surface area contributed by atoms with Crippen molar-refractivity contribution >= 4 is 23.6 Å². The second-order valence-corrected chi connectivity index (χ2v) is 6.99. The van der Waals surface area contributed by atoms with E-state index >= 15 is 0 Å². The number of nitrogens with zero attached hydrogens (tertiary/aromatic N) is 2. The zero-order valence-corrected chi connectivity index (χ0v) is 17.0. The number of nitrogens with one attached hydrogen (secondary N) is 1. The summed E-state index contributed by atoms with van der Waals surface area (Å²) in [5, 5.41) is 2.80. The second kappa shape index (κ2) is 9.43. The summed E-state index contributed by atoms with van der Waals surface area (Å²) in [6.07, 6.45) is -0.376. The third-order valence-electron chi connectivity index (χ3n) is 4.63. The van der Waals surface area contributed by atoms with Crippen LogP contribution in [-0.2, 0) is 14.3 Å². The predicted octanol–water partition coefficient (Wildman–Crippen LogP) is 2.35. The van der Waals surface area contributed by atoms with E-state index in [2.05, 4.69) is 5.32 Å². The van der Waals surface area contributed by atoms with Crippen LogP contribution in [-0.4, -0.2) is 67.1 Å². The Morgan fingerprint density at radius 2 is 1.61 bits per heavy atom. The average molecular weight is 391 g/mol. The van der Waals surface area contributed by atoms with Crippen molar-refractivity contribution < 1.29 is 23.9 Å². The summed E-state index contributed by atoms with van der Waals surface area (Å²) in [7, 11) is 0. The van der Waals surface area contributed by atoms with Crippen LogP contribution in [0.5, 0.6) is 5.75 Å². The van der Waals surface area contributed by atoms with Crippen molar-refractivity contribution in [1.82, 2.24) is 9.80 Å². The highest BCUT2D eigenvalue weighted by atomic mass is 16.6. The Labute approximate surface area is 165 Å². The van der Waals surface area contributed by atoms with Gasteiger partial charge in [0.1, 0.15) is 11.2 Å². The Kier molecular flexibility index (Phi) is 7.25. The molecule has 1 aromatic rings. The lowest BCUT2D eigenvalue weighted by molar-refractivity contribution is -0.147. The number of benzene rings is 1. The molecule has 28 heavy (non-hydrogen) atoms. The highest BCUT2D eigenvalue weighted by molar-refractivity contribution is 6.10. The third-order valence-corrected chi connectivity index (χ3v) is 4.63. The first-order chi connectivity index (χ1) is 13.3. The number of ether oxygens (including phenoxy) is 2. The molecular weight excluding hydrogens is 362 g/mol. The number of rotatable bonds is 6. The van der Waals surface area contributed by atoms with Crippen LogP contribution < -0.4 is 10.1 Å². The zero-order valence-electron chi connectivity index (χ0n) is 17.0. The summed E-state index contributed by atoms with van der Waals surface area (Å²) < 4.78 is 10.5. The fourth-order valence-corrected chi connectivity index (χ4v) is 2.93. The lowest BCUT2D eigenvalue weighted by atomic mass is 9.89. The molecule has 0 aromatic heterocycles. The number of amides is 3. The molecule has 0 unspecified atom stereocenters. The highest BCUT2D eigenvalue weighted by Crippen LogP contribution is 2.28. The molecule has 0 radical (unpaired) electrons. The molecule has 3 amide bonds. The summed E-state index contributed by atoms with van der Waals surface area (Å²) >= 11 is 0. The van der Waals surface area contributed by atoms with Crippen molar-refractivity contribution in [3.8, 4) is 5.75 Å². The van der Waals surface area contributed by atoms with E-state index in [0.29, 0.717) is 50.8 Å². The maximum absolute atomic E-state index is 13.0. The third kappa shape index (κ3) is 4.94. The van der Waals surface area contributed by atoms with E-state index in [9.17, 15) is 14.4 Å². The van der Waals surface area contributed by atoms with Gasteiger partial charge < -0.3 is 24.6 Å². The minimum absolute atomic E-state index is 0.276. The van der Waals surface area contributed by atoms with Gasteiger partial charge in [-0.2, -0.15) is 0 Å². The molecule has 0 bridgehead atoms. The van der Waals surface area contributed by atoms with Crippen LogP contribution in [0.3, 0.4) is 0 Å². The molecule has 1 saturated heterocycles. The molecular formula is C20H29N3O5. The predicted molar refractivity (Wildman–Crippen MR) is 105 cm³/mol. The van der Waals surface area contributed by atoms with Crippen molar-refractivity contribution in [3.63, 3.8) is 0 Å². The van der Waals surface area contributed by atoms with Crippen LogP contribution in [0.2, 0.25) is 0 Å². The number of carbonyl (C=O) groups excluding carboxylic acids is 3. The number of hydrogen-bond donors (Lipinski definition) is 1. The van der Waals surface area contributed by atoms with Crippen LogP contribution in [0.4, 0.5) is 10.5 Å². The molecule has 2 rings (SSSR count). The van der Waals surface area contributed by atoms with Gasteiger partial charge in [0.2, 0.25) is 11.8 Å². The van der Waals surface area contributed by atoms with Gasteiger partial charge in [0.25, 0.3) is 0 Å². The molecule has 0 aliphatic carbocycles. The summed E-state index contributed by atoms with van der Waals surface area (Å²) in [4.78, 5) is 40.8. The van der Waals surface area contributed by atoms with Gasteiger partial charge in [-0.05, 0) is 39.8 Å². The molecule has 1 heterocycles. The smallest absolute Gasteiger partial charge is 0.409 e. The summed E-state index contributed by atoms with van der Waals surface area (Å²) in [6, 6.07) is 7.12. The van der Waals surface area contributed by atoms with Gasteiger partial charge >= 0.3 is 6.09 Å². The van der Waals surface area contributed by atoms with Crippen molar-refractivity contribution in [2.45, 2.75) is 27.7 Å². The van der Waals surface area contributed by atoms with E-state index in [-0.39, 0.29) is 12.0 Å². The van der Waals surface area contributed by atoms with Crippen molar-refractivity contribution in [3.05, 3.63) is 24.3 Å². The highest BCUT2D eigenvalue weighted by Gasteiger charge is 2.40. The van der Waals surface area contributed by atoms with E-state index < -0.39 is 11.3 Å². The number of piperazine rings is 1. The lowest BCUT2D eigenvalue weighted by Crippen LogP contribution is -2.55. The monoisotopic (exact) mass is 391 g/mol. The number of hydrogen-bond acceptors (Lipinski definition) is 5. The van der Waals surface area contributed by atoms with Crippen LogP contribution in [0.15, 0.2) is 24.3 Å². The topological polar surface area (TPSA) is 88.2 Å². The first kappa shape index (κ1) is 21.5. The summed E-state index contributed by atoms with van der Waals surface area (Å²) in [5.41, 5.74) is -0.729. The average Bonchev–Trinajstić information content (AvgIpc) is 2.69. The molecule has 1 aliphatic rings. The minimum Gasteiger partial charge on any atom is -0.492 e. The fourth-order valence-electron chi connectivity index (χ4n) is 2.93. The molecule has 8 heteroatoms. The van der Waals surface area contributed by atoms with Crippen molar-refractivity contribution in [1.29, 1.82) is 0 Å². The second-order valence-electron chi connectivity index (χ2n) is 6.99. The van der Waals surface area contributed by atoms with Gasteiger partial charge in [-0.1, -0.05) is 12.1 Å². The largest absolute Gasteiger partial charge is 0.492 e. The Bertz CT molecular complexity index is 712. The fraction of sp³-hybridized carbons (Fsp3) is 0.550. The van der Waals surface area contributed by atoms with Gasteiger partial charge in [0.15, 0.2) is 0 Å². The summed E-state index contributed by atoms with van der Waals surface area (Å²) in [6.45, 7) is 9.11. The van der Waals surface area contributed by atoms with E-state index in [1.54, 1.807) is 48.8 Å². The number of para-hydroxylation sites is 2. The van der Waals surface area contributed by atoms with E-state index in [0.717, 1.165) is 0 Å². The molecule has 0 saturated carbocycles. The van der Waals surface area contributed by atoms with E-state index in [1.807, 2.05) is 13.0 Å². The first-order valence-corrected chi connectivity index (χ1v) is 9.55. The Morgan fingerprint density at radius 1 is 1.00 bits per heavy atom. The SMILES string of the molecule is CCOC(=O)N1CCN(C(=O)C(C)(C)C(=O)Nc2ccccc2OCC)CC1. The standard InChI is InChI=1S/C20H29N3O5/c1-5-27-16-10-8-7-9-15(16)21-17(24)20(3,4)18(25)22-11-13-23(14-12-22)19(26)28-6-2/h7-10H,5-6,11-14H2,1-4H3,(H,21,24). The molecule has 0 atom stereocenters. The Hall–Kier alpha value is -2.77. The van der Waals surface area contributed by atoms with Gasteiger partial charge in [0.05, 0.1) is 18.9 Å². The van der Waals surface area contributed by atoms with Crippen LogP contribution >= 0.6 is 0 Å². The molecule has 1 N–H and O–H groups in total. The van der Waals surface area contributed by atoms with E-state index in [4.69, 9.17) is 9.47 Å². The van der Waals surface area contributed by atoms with Crippen LogP contribution in [0.25, 0.3) is 0 Å². The van der Waals surface area contributed by atoms with Gasteiger partial charge in [-0.25, -0.2) is 4.79 Å². The van der Waals surface area contributed by atoms with Crippen LogP contribution in [0, 0.1) is 5.41 Å². The van der Waals surface area contributed by atoms with Gasteiger partial charge in [-0.15, -0.1) is 0 Å². The van der Waals surface area contributed by atoms with Gasteiger partial charge in [0, 0.05) is 26.2 Å². The maximum atomic E-state index is 13.0. The Balaban J connectivity index is 2.01. The zero-order chi connectivity index (χ0) is 20.7. The first-order valence-electron chi connectivity index (χ1n) is 9.55. The molecule has 8 nitrogen and oxygen atoms in total. The maximum Gasteiger partial charge on any atom is 0.409 e. The van der Waals surface area contributed by atoms with Crippen molar-refractivity contribution in [2.24, 2.45) is 5.41 Å². The van der Waals surface area contributed by atoms with Gasteiger partial charge in [-0.3, -0.25) is 9.59 Å². The number of carbonyl (C=O) groups is 3. The van der Waals surface area contributed by atoms with Crippen LogP contribution in [0.1, 0.15) is 27.7 Å². The van der Waals surface area contributed by atoms with E-state index in [1.165, 1.54) is 0 Å².